The number of carbonyl (C=O) groups is 1. The Hall–Kier alpha value is -4.04. The molecule has 3 N–H and O–H groups in total. The molecule has 1 amide bonds. The summed E-state index contributed by atoms with van der Waals surface area (Å²) in [5, 5.41) is 7.57. The van der Waals surface area contributed by atoms with Gasteiger partial charge in [0, 0.05) is 22.9 Å². The second-order valence-corrected chi connectivity index (χ2v) is 9.32. The van der Waals surface area contributed by atoms with Gasteiger partial charge in [-0.15, -0.1) is 0 Å². The number of nitrogens with one attached hydrogen (secondary N) is 3. The van der Waals surface area contributed by atoms with Gasteiger partial charge < -0.3 is 10.6 Å². The number of anilines is 1. The zero-order valence-electron chi connectivity index (χ0n) is 19.7. The summed E-state index contributed by atoms with van der Waals surface area (Å²) in [5.41, 5.74) is 4.89. The van der Waals surface area contributed by atoms with Gasteiger partial charge in [0.05, 0.1) is 10.9 Å². The van der Waals surface area contributed by atoms with Crippen LogP contribution >= 0.6 is 12.2 Å². The minimum absolute atomic E-state index is 0.342. The maximum Gasteiger partial charge on any atom is 0.280 e. The molecule has 1 aromatic heterocycles. The van der Waals surface area contributed by atoms with Crippen LogP contribution in [0.3, 0.4) is 0 Å². The maximum atomic E-state index is 13.3. The lowest BCUT2D eigenvalue weighted by Gasteiger charge is -2.24. The Morgan fingerprint density at radius 1 is 0.889 bits per heavy atom. The topological polar surface area (TPSA) is 88.0 Å². The predicted octanol–water partition coefficient (Wildman–Crippen LogP) is 5.07. The van der Waals surface area contributed by atoms with Crippen LogP contribution in [0.4, 0.5) is 5.69 Å². The van der Waals surface area contributed by atoms with Crippen LogP contribution in [0.15, 0.2) is 83.7 Å². The predicted molar refractivity (Wildman–Crippen MR) is 148 cm³/mol. The van der Waals surface area contributed by atoms with E-state index in [0.29, 0.717) is 33.4 Å². The second-order valence-electron chi connectivity index (χ2n) is 8.91. The molecule has 0 saturated heterocycles. The SMILES string of the molecule is O=C(Nn1c(-c2ccccc2)nc2ccccc2c1=O)c1ccc(NC(=S)NC2CCCCC2)cc1. The molecule has 1 fully saturated rings. The van der Waals surface area contributed by atoms with Crippen molar-refractivity contribution in [3.63, 3.8) is 0 Å². The standard InChI is InChI=1S/C28H27N5O2S/c34-26(20-15-17-22(18-16-20)30-28(36)29-21-11-5-2-6-12-21)32-33-25(19-9-3-1-4-10-19)31-24-14-8-7-13-23(24)27(33)35/h1,3-4,7-10,13-18,21H,2,5-6,11-12H2,(H,32,34)(H2,29,30,36). The Kier molecular flexibility index (Phi) is 7.04. The molecule has 0 aliphatic heterocycles. The van der Waals surface area contributed by atoms with E-state index in [1.165, 1.54) is 23.9 Å². The fourth-order valence-electron chi connectivity index (χ4n) is 4.49. The van der Waals surface area contributed by atoms with Crippen LogP contribution in [0, 0.1) is 0 Å². The number of amides is 1. The van der Waals surface area contributed by atoms with Gasteiger partial charge in [-0.05, 0) is 61.5 Å². The molecule has 182 valence electrons. The zero-order chi connectivity index (χ0) is 24.9. The first-order valence-electron chi connectivity index (χ1n) is 12.1. The third kappa shape index (κ3) is 5.28. The molecule has 36 heavy (non-hydrogen) atoms. The minimum atomic E-state index is -0.416. The number of benzene rings is 3. The van der Waals surface area contributed by atoms with E-state index in [4.69, 9.17) is 12.2 Å². The number of rotatable bonds is 5. The summed E-state index contributed by atoms with van der Waals surface area (Å²) in [6.07, 6.45) is 6.01. The summed E-state index contributed by atoms with van der Waals surface area (Å²) in [7, 11) is 0. The van der Waals surface area contributed by atoms with Gasteiger partial charge in [0.15, 0.2) is 10.9 Å². The first kappa shape index (κ1) is 23.7. The Morgan fingerprint density at radius 3 is 2.33 bits per heavy atom. The molecule has 7 nitrogen and oxygen atoms in total. The number of hydrogen-bond acceptors (Lipinski definition) is 4. The van der Waals surface area contributed by atoms with Crippen molar-refractivity contribution in [2.75, 3.05) is 10.7 Å². The summed E-state index contributed by atoms with van der Waals surface area (Å²) in [4.78, 5) is 31.1. The zero-order valence-corrected chi connectivity index (χ0v) is 20.6. The highest BCUT2D eigenvalue weighted by atomic mass is 32.1. The summed E-state index contributed by atoms with van der Waals surface area (Å²) in [6.45, 7) is 0. The van der Waals surface area contributed by atoms with Crippen molar-refractivity contribution in [3.05, 3.63) is 94.8 Å². The van der Waals surface area contributed by atoms with E-state index in [2.05, 4.69) is 21.0 Å². The smallest absolute Gasteiger partial charge is 0.280 e. The molecule has 4 aromatic rings. The summed E-state index contributed by atoms with van der Waals surface area (Å²) >= 11 is 5.46. The lowest BCUT2D eigenvalue weighted by atomic mass is 9.96. The molecule has 8 heteroatoms. The summed E-state index contributed by atoms with van der Waals surface area (Å²) < 4.78 is 1.22. The lowest BCUT2D eigenvalue weighted by Crippen LogP contribution is -2.38. The van der Waals surface area contributed by atoms with Crippen molar-refractivity contribution < 1.29 is 4.79 Å². The largest absolute Gasteiger partial charge is 0.360 e. The van der Waals surface area contributed by atoms with Gasteiger partial charge >= 0.3 is 0 Å². The van der Waals surface area contributed by atoms with Crippen LogP contribution in [0.1, 0.15) is 42.5 Å². The molecule has 1 heterocycles. The van der Waals surface area contributed by atoms with Crippen molar-refractivity contribution in [1.29, 1.82) is 0 Å². The average molecular weight is 498 g/mol. The number of fused-ring (bicyclic) bond motifs is 1. The molecule has 1 aliphatic carbocycles. The molecule has 5 rings (SSSR count). The van der Waals surface area contributed by atoms with Crippen molar-refractivity contribution in [3.8, 4) is 11.4 Å². The van der Waals surface area contributed by atoms with E-state index in [0.717, 1.165) is 24.1 Å². The van der Waals surface area contributed by atoms with Crippen LogP contribution in [0.2, 0.25) is 0 Å². The Morgan fingerprint density at radius 2 is 1.58 bits per heavy atom. The van der Waals surface area contributed by atoms with Crippen molar-refractivity contribution >= 4 is 39.8 Å². The Bertz CT molecular complexity index is 1440. The highest BCUT2D eigenvalue weighted by Gasteiger charge is 2.17. The van der Waals surface area contributed by atoms with E-state index >= 15 is 0 Å². The molecular weight excluding hydrogens is 470 g/mol. The average Bonchev–Trinajstić information content (AvgIpc) is 2.91. The summed E-state index contributed by atoms with van der Waals surface area (Å²) in [5.74, 6) is -0.0501. The fourth-order valence-corrected chi connectivity index (χ4v) is 4.77. The van der Waals surface area contributed by atoms with Crippen LogP contribution in [-0.2, 0) is 0 Å². The van der Waals surface area contributed by atoms with Crippen molar-refractivity contribution in [2.45, 2.75) is 38.1 Å². The van der Waals surface area contributed by atoms with Crippen LogP contribution in [0.5, 0.6) is 0 Å². The number of carbonyl (C=O) groups excluding carboxylic acids is 1. The van der Waals surface area contributed by atoms with E-state index < -0.39 is 5.91 Å². The quantitative estimate of drug-likeness (QED) is 0.334. The first-order valence-corrected chi connectivity index (χ1v) is 12.6. The van der Waals surface area contributed by atoms with Crippen LogP contribution in [-0.4, -0.2) is 26.7 Å². The van der Waals surface area contributed by atoms with Gasteiger partial charge in [-0.25, -0.2) is 4.98 Å². The van der Waals surface area contributed by atoms with Gasteiger partial charge in [-0.2, -0.15) is 4.68 Å². The number of nitrogens with zero attached hydrogens (tertiary/aromatic N) is 2. The molecular formula is C28H27N5O2S. The number of aromatic nitrogens is 2. The van der Waals surface area contributed by atoms with Crippen molar-refractivity contribution in [1.82, 2.24) is 15.0 Å². The molecule has 0 unspecified atom stereocenters. The maximum absolute atomic E-state index is 13.3. The molecule has 0 spiro atoms. The van der Waals surface area contributed by atoms with Gasteiger partial charge in [-0.3, -0.25) is 15.0 Å². The van der Waals surface area contributed by atoms with Crippen molar-refractivity contribution in [2.24, 2.45) is 0 Å². The number of hydrogen-bond donors (Lipinski definition) is 3. The molecule has 0 bridgehead atoms. The molecule has 3 aromatic carbocycles. The highest BCUT2D eigenvalue weighted by molar-refractivity contribution is 7.80. The Balaban J connectivity index is 1.35. The highest BCUT2D eigenvalue weighted by Crippen LogP contribution is 2.19. The van der Waals surface area contributed by atoms with E-state index in [-0.39, 0.29) is 5.56 Å². The van der Waals surface area contributed by atoms with Gasteiger partial charge in [0.2, 0.25) is 0 Å². The van der Waals surface area contributed by atoms with E-state index in [9.17, 15) is 9.59 Å². The van der Waals surface area contributed by atoms with E-state index in [1.807, 2.05) is 36.4 Å². The number of para-hydroxylation sites is 1. The van der Waals surface area contributed by atoms with Crippen LogP contribution < -0.4 is 21.6 Å². The van der Waals surface area contributed by atoms with E-state index in [1.54, 1.807) is 42.5 Å². The lowest BCUT2D eigenvalue weighted by molar-refractivity contribution is 0.101. The normalized spacial score (nSPS) is 13.8. The fraction of sp³-hybridized carbons (Fsp3) is 0.214. The van der Waals surface area contributed by atoms with Gasteiger partial charge in [-0.1, -0.05) is 61.7 Å². The molecule has 0 radical (unpaired) electrons. The second kappa shape index (κ2) is 10.7. The monoisotopic (exact) mass is 497 g/mol. The van der Waals surface area contributed by atoms with Crippen LogP contribution in [0.25, 0.3) is 22.3 Å². The van der Waals surface area contributed by atoms with Gasteiger partial charge in [0.1, 0.15) is 0 Å². The molecule has 1 aliphatic rings. The molecule has 0 atom stereocenters. The number of thiocarbonyl (C=S) groups is 1. The third-order valence-corrected chi connectivity index (χ3v) is 6.59. The first-order chi connectivity index (χ1) is 17.6. The summed E-state index contributed by atoms with van der Waals surface area (Å²) in [6, 6.07) is 23.8. The Labute approximate surface area is 214 Å². The molecule has 1 saturated carbocycles. The minimum Gasteiger partial charge on any atom is -0.360 e. The van der Waals surface area contributed by atoms with Gasteiger partial charge in [0.25, 0.3) is 11.5 Å². The third-order valence-electron chi connectivity index (χ3n) is 6.37.